The van der Waals surface area contributed by atoms with Crippen molar-refractivity contribution in [1.29, 1.82) is 0 Å². The van der Waals surface area contributed by atoms with Crippen molar-refractivity contribution in [3.63, 3.8) is 0 Å². The SMILES string of the molecule is c1nc(NC2CC2)cc(NC2CCNC2)n1. The van der Waals surface area contributed by atoms with Crippen LogP contribution in [0, 0.1) is 0 Å². The molecule has 3 N–H and O–H groups in total. The van der Waals surface area contributed by atoms with Crippen LogP contribution in [-0.4, -0.2) is 35.1 Å². The Bertz CT molecular complexity index is 357. The quantitative estimate of drug-likeness (QED) is 0.700. The molecule has 0 spiro atoms. The number of rotatable bonds is 4. The van der Waals surface area contributed by atoms with E-state index in [4.69, 9.17) is 0 Å². The molecule has 1 saturated heterocycles. The third-order valence-corrected chi connectivity index (χ3v) is 3.01. The third-order valence-electron chi connectivity index (χ3n) is 3.01. The second-order valence-electron chi connectivity index (χ2n) is 4.54. The lowest BCUT2D eigenvalue weighted by Gasteiger charge is -2.12. The average Bonchev–Trinajstić information content (AvgIpc) is 2.94. The molecule has 5 nitrogen and oxygen atoms in total. The summed E-state index contributed by atoms with van der Waals surface area (Å²) in [6.45, 7) is 2.12. The Morgan fingerprint density at radius 1 is 1.06 bits per heavy atom. The Morgan fingerprint density at radius 2 is 1.81 bits per heavy atom. The summed E-state index contributed by atoms with van der Waals surface area (Å²) in [5, 5.41) is 10.1. The number of hydrogen-bond donors (Lipinski definition) is 3. The largest absolute Gasteiger partial charge is 0.367 e. The fraction of sp³-hybridized carbons (Fsp3) is 0.636. The Hall–Kier alpha value is -1.36. The second kappa shape index (κ2) is 4.25. The van der Waals surface area contributed by atoms with Crippen LogP contribution in [0.25, 0.3) is 0 Å². The second-order valence-corrected chi connectivity index (χ2v) is 4.54. The van der Waals surface area contributed by atoms with E-state index in [9.17, 15) is 0 Å². The van der Waals surface area contributed by atoms with Gasteiger partial charge in [-0.2, -0.15) is 0 Å². The molecule has 0 bridgehead atoms. The van der Waals surface area contributed by atoms with Crippen LogP contribution in [0.2, 0.25) is 0 Å². The lowest BCUT2D eigenvalue weighted by molar-refractivity contribution is 0.787. The molecule has 0 radical (unpaired) electrons. The summed E-state index contributed by atoms with van der Waals surface area (Å²) < 4.78 is 0. The van der Waals surface area contributed by atoms with Gasteiger partial charge in [0, 0.05) is 24.7 Å². The van der Waals surface area contributed by atoms with E-state index < -0.39 is 0 Å². The van der Waals surface area contributed by atoms with E-state index in [-0.39, 0.29) is 0 Å². The zero-order valence-corrected chi connectivity index (χ0v) is 9.24. The van der Waals surface area contributed by atoms with Gasteiger partial charge in [-0.15, -0.1) is 0 Å². The highest BCUT2D eigenvalue weighted by Crippen LogP contribution is 2.24. The third kappa shape index (κ3) is 2.41. The van der Waals surface area contributed by atoms with E-state index in [1.54, 1.807) is 6.33 Å². The highest BCUT2D eigenvalue weighted by atomic mass is 15.1. The van der Waals surface area contributed by atoms with Gasteiger partial charge in [0.25, 0.3) is 0 Å². The van der Waals surface area contributed by atoms with Crippen LogP contribution >= 0.6 is 0 Å². The van der Waals surface area contributed by atoms with E-state index in [1.165, 1.54) is 12.8 Å². The number of anilines is 2. The lowest BCUT2D eigenvalue weighted by atomic mass is 10.2. The number of hydrogen-bond acceptors (Lipinski definition) is 5. The van der Waals surface area contributed by atoms with Crippen LogP contribution in [0.1, 0.15) is 19.3 Å². The number of nitrogens with one attached hydrogen (secondary N) is 3. The molecule has 0 aromatic carbocycles. The van der Waals surface area contributed by atoms with Crippen LogP contribution in [0.3, 0.4) is 0 Å². The standard InChI is InChI=1S/C11H17N5/c1-2-8(1)15-10-5-11(14-7-13-10)16-9-3-4-12-6-9/h5,7-9,12H,1-4,6H2,(H2,13,14,15,16). The Morgan fingerprint density at radius 3 is 2.44 bits per heavy atom. The van der Waals surface area contributed by atoms with Gasteiger partial charge in [-0.1, -0.05) is 0 Å². The summed E-state index contributed by atoms with van der Waals surface area (Å²) in [6.07, 6.45) is 5.31. The number of nitrogens with zero attached hydrogens (tertiary/aromatic N) is 2. The van der Waals surface area contributed by atoms with Crippen LogP contribution in [0.15, 0.2) is 12.4 Å². The van der Waals surface area contributed by atoms with E-state index in [2.05, 4.69) is 25.9 Å². The van der Waals surface area contributed by atoms with E-state index in [0.717, 1.165) is 31.1 Å². The van der Waals surface area contributed by atoms with E-state index >= 15 is 0 Å². The van der Waals surface area contributed by atoms with Crippen molar-refractivity contribution >= 4 is 11.6 Å². The molecule has 16 heavy (non-hydrogen) atoms. The van der Waals surface area contributed by atoms with Gasteiger partial charge in [-0.3, -0.25) is 0 Å². The van der Waals surface area contributed by atoms with Crippen LogP contribution in [-0.2, 0) is 0 Å². The first-order valence-electron chi connectivity index (χ1n) is 5.96. The lowest BCUT2D eigenvalue weighted by Crippen LogP contribution is -2.22. The zero-order valence-electron chi connectivity index (χ0n) is 9.24. The maximum Gasteiger partial charge on any atom is 0.131 e. The maximum absolute atomic E-state index is 4.24. The Balaban J connectivity index is 1.63. The molecule has 1 saturated carbocycles. The molecular formula is C11H17N5. The molecule has 0 amide bonds. The average molecular weight is 219 g/mol. The fourth-order valence-corrected chi connectivity index (χ4v) is 1.94. The highest BCUT2D eigenvalue weighted by Gasteiger charge is 2.21. The topological polar surface area (TPSA) is 61.9 Å². The van der Waals surface area contributed by atoms with Gasteiger partial charge in [0.1, 0.15) is 18.0 Å². The fourth-order valence-electron chi connectivity index (χ4n) is 1.94. The first-order chi connectivity index (χ1) is 7.90. The first kappa shape index (κ1) is 9.84. The molecule has 1 atom stereocenters. The molecule has 1 aliphatic heterocycles. The van der Waals surface area contributed by atoms with E-state index in [1.807, 2.05) is 6.07 Å². The summed E-state index contributed by atoms with van der Waals surface area (Å²) in [5.74, 6) is 1.86. The minimum Gasteiger partial charge on any atom is -0.367 e. The maximum atomic E-state index is 4.24. The predicted octanol–water partition coefficient (Wildman–Crippen LogP) is 0.825. The van der Waals surface area contributed by atoms with Gasteiger partial charge in [-0.25, -0.2) is 9.97 Å². The molecule has 1 aromatic heterocycles. The first-order valence-corrected chi connectivity index (χ1v) is 5.96. The van der Waals surface area contributed by atoms with Gasteiger partial charge >= 0.3 is 0 Å². The van der Waals surface area contributed by atoms with Crippen molar-refractivity contribution in [2.24, 2.45) is 0 Å². The summed E-state index contributed by atoms with van der Waals surface area (Å²) in [5.41, 5.74) is 0. The number of aromatic nitrogens is 2. The molecule has 2 heterocycles. The van der Waals surface area contributed by atoms with Crippen LogP contribution in [0.5, 0.6) is 0 Å². The molecule has 86 valence electrons. The van der Waals surface area contributed by atoms with Crippen molar-refractivity contribution in [2.75, 3.05) is 23.7 Å². The smallest absolute Gasteiger partial charge is 0.131 e. The molecule has 3 rings (SSSR count). The molecule has 1 aliphatic carbocycles. The molecular weight excluding hydrogens is 202 g/mol. The van der Waals surface area contributed by atoms with Crippen molar-refractivity contribution in [1.82, 2.24) is 15.3 Å². The van der Waals surface area contributed by atoms with Gasteiger partial charge < -0.3 is 16.0 Å². The van der Waals surface area contributed by atoms with Gasteiger partial charge in [0.2, 0.25) is 0 Å². The molecule has 1 unspecified atom stereocenters. The Kier molecular flexibility index (Phi) is 2.61. The minimum absolute atomic E-state index is 0.503. The minimum atomic E-state index is 0.503. The molecule has 2 fully saturated rings. The molecule has 1 aromatic rings. The summed E-state index contributed by atoms with van der Waals surface area (Å²) >= 11 is 0. The van der Waals surface area contributed by atoms with Crippen molar-refractivity contribution in [3.05, 3.63) is 12.4 Å². The van der Waals surface area contributed by atoms with E-state index in [0.29, 0.717) is 12.1 Å². The van der Waals surface area contributed by atoms with Gasteiger partial charge in [-0.05, 0) is 25.8 Å². The summed E-state index contributed by atoms with van der Waals surface area (Å²) in [6, 6.07) is 3.14. The predicted molar refractivity (Wildman–Crippen MR) is 63.6 cm³/mol. The monoisotopic (exact) mass is 219 g/mol. The summed E-state index contributed by atoms with van der Waals surface area (Å²) in [7, 11) is 0. The van der Waals surface area contributed by atoms with Gasteiger partial charge in [0.05, 0.1) is 0 Å². The van der Waals surface area contributed by atoms with Crippen LogP contribution in [0.4, 0.5) is 11.6 Å². The zero-order chi connectivity index (χ0) is 10.8. The normalized spacial score (nSPS) is 24.4. The van der Waals surface area contributed by atoms with Crippen molar-refractivity contribution < 1.29 is 0 Å². The Labute approximate surface area is 95.1 Å². The van der Waals surface area contributed by atoms with Gasteiger partial charge in [0.15, 0.2) is 0 Å². The summed E-state index contributed by atoms with van der Waals surface area (Å²) in [4.78, 5) is 8.46. The highest BCUT2D eigenvalue weighted by molar-refractivity contribution is 5.48. The van der Waals surface area contributed by atoms with Crippen molar-refractivity contribution in [2.45, 2.75) is 31.3 Å². The van der Waals surface area contributed by atoms with Crippen LogP contribution < -0.4 is 16.0 Å². The van der Waals surface area contributed by atoms with Crippen molar-refractivity contribution in [3.8, 4) is 0 Å². The molecule has 2 aliphatic rings. The molecule has 5 heteroatoms.